The highest BCUT2D eigenvalue weighted by Gasteiger charge is 2.49. The van der Waals surface area contributed by atoms with Gasteiger partial charge in [0.1, 0.15) is 59.2 Å². The number of benzene rings is 2. The predicted octanol–water partition coefficient (Wildman–Crippen LogP) is 6.74. The second-order valence-electron chi connectivity index (χ2n) is 13.4. The third kappa shape index (κ3) is 5.21. The van der Waals surface area contributed by atoms with E-state index in [0.29, 0.717) is 53.9 Å². The van der Waals surface area contributed by atoms with Crippen molar-refractivity contribution in [1.82, 2.24) is 24.8 Å². The summed E-state index contributed by atoms with van der Waals surface area (Å²) in [4.78, 5) is 22.8. The predicted molar refractivity (Wildman–Crippen MR) is 185 cm³/mol. The molecule has 0 radical (unpaired) electrons. The molecule has 2 aromatic carbocycles. The number of anilines is 2. The van der Waals surface area contributed by atoms with Crippen molar-refractivity contribution in [3.8, 4) is 28.9 Å². The van der Waals surface area contributed by atoms with Gasteiger partial charge in [0.25, 0.3) is 0 Å². The van der Waals surface area contributed by atoms with Gasteiger partial charge in [-0.25, -0.2) is 23.1 Å². The number of nitrogens with one attached hydrogen (secondary N) is 1. The fourth-order valence-corrected chi connectivity index (χ4v) is 8.19. The number of ether oxygens (including phenoxy) is 2. The van der Waals surface area contributed by atoms with Crippen LogP contribution in [0.2, 0.25) is 0 Å². The summed E-state index contributed by atoms with van der Waals surface area (Å²) in [5.74, 6) is -0.200. The monoisotopic (exact) mass is 685 g/mol. The Kier molecular flexibility index (Phi) is 8.04. The summed E-state index contributed by atoms with van der Waals surface area (Å²) in [6, 6.07) is 9.26. The van der Waals surface area contributed by atoms with Gasteiger partial charge in [0.2, 0.25) is 5.88 Å². The molecule has 3 atom stereocenters. The van der Waals surface area contributed by atoms with Crippen molar-refractivity contribution in [2.45, 2.75) is 57.3 Å². The normalized spacial score (nSPS) is 20.9. The average molecular weight is 686 g/mol. The van der Waals surface area contributed by atoms with Crippen LogP contribution >= 0.6 is 0 Å². The minimum atomic E-state index is -0.945. The van der Waals surface area contributed by atoms with E-state index < -0.39 is 23.3 Å². The van der Waals surface area contributed by atoms with E-state index >= 15 is 8.78 Å². The number of aromatic hydroxyl groups is 1. The van der Waals surface area contributed by atoms with E-state index in [2.05, 4.69) is 20.2 Å². The summed E-state index contributed by atoms with van der Waals surface area (Å²) in [6.07, 6.45) is 3.16. The molecule has 2 N–H and O–H groups in total. The van der Waals surface area contributed by atoms with Crippen molar-refractivity contribution in [1.29, 1.82) is 0 Å². The van der Waals surface area contributed by atoms with Gasteiger partial charge in [-0.05, 0) is 73.3 Å². The van der Waals surface area contributed by atoms with E-state index in [4.69, 9.17) is 19.4 Å². The lowest BCUT2D eigenvalue weighted by molar-refractivity contribution is 0.107. The molecular formula is C37H38F3N7O3. The number of pyridine rings is 2. The van der Waals surface area contributed by atoms with Gasteiger partial charge >= 0.3 is 6.01 Å². The average Bonchev–Trinajstić information content (AvgIpc) is 3.58. The van der Waals surface area contributed by atoms with Crippen LogP contribution in [-0.4, -0.2) is 81.5 Å². The lowest BCUT2D eigenvalue weighted by atomic mass is 9.94. The molecule has 13 heteroatoms. The summed E-state index contributed by atoms with van der Waals surface area (Å²) in [5.41, 5.74) is 0.754. The lowest BCUT2D eigenvalue weighted by Crippen LogP contribution is -2.43. The quantitative estimate of drug-likeness (QED) is 0.182. The Hall–Kier alpha value is -4.91. The highest BCUT2D eigenvalue weighted by Crippen LogP contribution is 2.45. The first-order valence-corrected chi connectivity index (χ1v) is 17.1. The van der Waals surface area contributed by atoms with Gasteiger partial charge in [-0.2, -0.15) is 9.97 Å². The van der Waals surface area contributed by atoms with Gasteiger partial charge in [0, 0.05) is 37.3 Å². The molecule has 5 aromatic rings. The number of aryl methyl sites for hydroxylation is 1. The van der Waals surface area contributed by atoms with Crippen LogP contribution in [0.25, 0.3) is 32.9 Å². The molecule has 0 aliphatic carbocycles. The summed E-state index contributed by atoms with van der Waals surface area (Å²) in [5, 5.41) is 15.1. The van der Waals surface area contributed by atoms with Crippen molar-refractivity contribution in [2.75, 3.05) is 50.1 Å². The number of phenolic OH excluding ortho intramolecular Hbond substituents is 1. The van der Waals surface area contributed by atoms with Crippen LogP contribution in [0.5, 0.6) is 17.6 Å². The molecule has 3 aliphatic rings. The Labute approximate surface area is 287 Å². The van der Waals surface area contributed by atoms with E-state index in [1.807, 2.05) is 30.9 Å². The summed E-state index contributed by atoms with van der Waals surface area (Å²) < 4.78 is 59.5. The maximum Gasteiger partial charge on any atom is 0.319 e. The number of rotatable bonds is 8. The topological polar surface area (TPSA) is 109 Å². The van der Waals surface area contributed by atoms with Gasteiger partial charge in [-0.3, -0.25) is 4.90 Å². The van der Waals surface area contributed by atoms with Crippen LogP contribution in [0.3, 0.4) is 0 Å². The second-order valence-corrected chi connectivity index (χ2v) is 13.4. The molecule has 3 aromatic heterocycles. The van der Waals surface area contributed by atoms with Crippen molar-refractivity contribution < 1.29 is 27.8 Å². The first-order valence-electron chi connectivity index (χ1n) is 17.1. The second kappa shape index (κ2) is 12.4. The third-order valence-electron chi connectivity index (χ3n) is 10.5. The zero-order valence-corrected chi connectivity index (χ0v) is 28.1. The summed E-state index contributed by atoms with van der Waals surface area (Å²) in [7, 11) is 1.80. The Balaban J connectivity index is 1.34. The largest absolute Gasteiger partial charge is 0.508 e. The molecule has 3 aliphatic heterocycles. The van der Waals surface area contributed by atoms with Crippen molar-refractivity contribution >= 4 is 33.3 Å². The first kappa shape index (κ1) is 32.3. The maximum absolute atomic E-state index is 17.2. The fourth-order valence-electron chi connectivity index (χ4n) is 8.19. The molecule has 0 bridgehead atoms. The van der Waals surface area contributed by atoms with Crippen molar-refractivity contribution in [3.63, 3.8) is 0 Å². The number of hydrogen-bond acceptors (Lipinski definition) is 10. The fraction of sp³-hybridized carbons (Fsp3) is 0.405. The minimum absolute atomic E-state index is 0.0572. The maximum atomic E-state index is 17.2. The van der Waals surface area contributed by atoms with Gasteiger partial charge in [-0.15, -0.1) is 0 Å². The number of halogens is 3. The summed E-state index contributed by atoms with van der Waals surface area (Å²) in [6.45, 7) is 5.67. The van der Waals surface area contributed by atoms with Gasteiger partial charge in [-0.1, -0.05) is 19.1 Å². The molecule has 1 unspecified atom stereocenters. The number of hydrogen-bond donors (Lipinski definition) is 2. The van der Waals surface area contributed by atoms with Crippen LogP contribution in [0, 0.1) is 11.6 Å². The number of nitrogens with zero attached hydrogens (tertiary/aromatic N) is 6. The Morgan fingerprint density at radius 2 is 2.00 bits per heavy atom. The number of aromatic nitrogens is 4. The van der Waals surface area contributed by atoms with Crippen molar-refractivity contribution in [3.05, 3.63) is 65.4 Å². The van der Waals surface area contributed by atoms with Crippen LogP contribution < -0.4 is 19.7 Å². The van der Waals surface area contributed by atoms with E-state index in [0.717, 1.165) is 24.9 Å². The Morgan fingerprint density at radius 1 is 1.14 bits per heavy atom. The Morgan fingerprint density at radius 3 is 2.82 bits per heavy atom. The van der Waals surface area contributed by atoms with Crippen LogP contribution in [0.15, 0.2) is 42.6 Å². The number of fused-ring (bicyclic) bond motifs is 2. The zero-order chi connectivity index (χ0) is 34.7. The molecule has 0 spiro atoms. The molecule has 0 amide bonds. The molecule has 2 saturated heterocycles. The van der Waals surface area contributed by atoms with Gasteiger partial charge in [0.05, 0.1) is 18.1 Å². The van der Waals surface area contributed by atoms with Crippen molar-refractivity contribution in [2.24, 2.45) is 0 Å². The Bertz CT molecular complexity index is 2130. The number of phenols is 1. The third-order valence-corrected chi connectivity index (χ3v) is 10.5. The molecule has 8 rings (SSSR count). The van der Waals surface area contributed by atoms with Crippen LogP contribution in [-0.2, 0) is 6.42 Å². The van der Waals surface area contributed by atoms with Crippen LogP contribution in [0.1, 0.15) is 50.3 Å². The molecule has 2 fully saturated rings. The minimum Gasteiger partial charge on any atom is -0.508 e. The van der Waals surface area contributed by atoms with E-state index in [9.17, 15) is 9.50 Å². The molecule has 6 heterocycles. The van der Waals surface area contributed by atoms with E-state index in [1.54, 1.807) is 19.3 Å². The summed E-state index contributed by atoms with van der Waals surface area (Å²) >= 11 is 0. The highest BCUT2D eigenvalue weighted by molar-refractivity contribution is 6.03. The molecule has 50 heavy (non-hydrogen) atoms. The highest BCUT2D eigenvalue weighted by atomic mass is 19.1. The standard InChI is InChI=1S/C37H38F3N7O3/c1-4-24-27(39)9-8-21-15-23(48)16-26(28(21)24)31-30(40)32-29-34(45-36(44-32)50-19-37-10-6-12-46(37)18-22(38)17-37)47(13-14-49-35(29)43-31)20(2)25-7-5-11-42-33(25)41-3/h5,7-9,11,15-16,20,22,48H,4,6,10,12-14,17-19H2,1-3H3,(H,41,42)/t20?,22-,37+/m1/s1. The molecular weight excluding hydrogens is 647 g/mol. The van der Waals surface area contributed by atoms with E-state index in [-0.39, 0.29) is 59.1 Å². The SMILES string of the molecule is CCc1c(F)ccc2cc(O)cc(-c3nc4c5c(nc(OC[C@@]67CCCN6C[C@H](F)C7)nc5c3F)N(C(C)c3cccnc3NC)CCO4)c12. The first-order chi connectivity index (χ1) is 24.2. The van der Waals surface area contributed by atoms with Crippen LogP contribution in [0.4, 0.5) is 24.8 Å². The number of alkyl halides is 1. The lowest BCUT2D eigenvalue weighted by Gasteiger charge is -2.32. The van der Waals surface area contributed by atoms with E-state index in [1.165, 1.54) is 18.2 Å². The van der Waals surface area contributed by atoms with Gasteiger partial charge in [0.15, 0.2) is 5.82 Å². The molecule has 10 nitrogen and oxygen atoms in total. The van der Waals surface area contributed by atoms with Gasteiger partial charge < -0.3 is 24.8 Å². The smallest absolute Gasteiger partial charge is 0.319 e. The molecule has 260 valence electrons. The zero-order valence-electron chi connectivity index (χ0n) is 28.1. The molecule has 0 saturated carbocycles.